The minimum atomic E-state index is -0.229. The van der Waals surface area contributed by atoms with Crippen molar-refractivity contribution in [2.75, 3.05) is 7.05 Å². The lowest BCUT2D eigenvalue weighted by molar-refractivity contribution is 0.239. The van der Waals surface area contributed by atoms with E-state index in [9.17, 15) is 4.39 Å². The molecule has 0 aliphatic carbocycles. The molecule has 2 aromatic carbocycles. The normalized spacial score (nSPS) is 12.1. The van der Waals surface area contributed by atoms with Crippen molar-refractivity contribution >= 4 is 0 Å². The summed E-state index contributed by atoms with van der Waals surface area (Å²) in [6, 6.07) is 18.8. The van der Waals surface area contributed by atoms with Crippen LogP contribution in [0, 0.1) is 17.1 Å². The van der Waals surface area contributed by atoms with Crippen LogP contribution in [0.1, 0.15) is 23.6 Å². The molecule has 1 atom stereocenters. The summed E-state index contributed by atoms with van der Waals surface area (Å²) >= 11 is 0. The van der Waals surface area contributed by atoms with E-state index in [1.807, 2.05) is 37.4 Å². The number of hydrogen-bond acceptors (Lipinski definition) is 2. The van der Waals surface area contributed by atoms with Gasteiger partial charge in [0.2, 0.25) is 0 Å². The average Bonchev–Trinajstić information content (AvgIpc) is 2.48. The summed E-state index contributed by atoms with van der Waals surface area (Å²) < 4.78 is 12.9. The summed E-state index contributed by atoms with van der Waals surface area (Å²) in [6.45, 7) is 0.682. The summed E-state index contributed by atoms with van der Waals surface area (Å²) in [7, 11) is 1.98. The van der Waals surface area contributed by atoms with Crippen LogP contribution in [0.3, 0.4) is 0 Å². The molecule has 0 aliphatic rings. The van der Waals surface area contributed by atoms with Crippen LogP contribution in [-0.4, -0.2) is 11.9 Å². The first-order valence-electron chi connectivity index (χ1n) is 6.57. The Kier molecular flexibility index (Phi) is 4.86. The van der Waals surface area contributed by atoms with Gasteiger partial charge in [-0.05, 0) is 30.3 Å². The smallest absolute Gasteiger partial charge is 0.123 e. The number of nitriles is 1. The van der Waals surface area contributed by atoms with Crippen LogP contribution in [0.2, 0.25) is 0 Å². The second-order valence-electron chi connectivity index (χ2n) is 4.83. The summed E-state index contributed by atoms with van der Waals surface area (Å²) in [5.74, 6) is -0.229. The van der Waals surface area contributed by atoms with Crippen LogP contribution in [0.15, 0.2) is 54.6 Å². The Balaban J connectivity index is 2.13. The Morgan fingerprint density at radius 3 is 2.35 bits per heavy atom. The maximum atomic E-state index is 12.9. The first-order valence-corrected chi connectivity index (χ1v) is 6.57. The molecule has 0 aliphatic heterocycles. The van der Waals surface area contributed by atoms with E-state index < -0.39 is 0 Å². The van der Waals surface area contributed by atoms with Gasteiger partial charge >= 0.3 is 0 Å². The Bertz CT molecular complexity index is 572. The van der Waals surface area contributed by atoms with Crippen LogP contribution in [0.25, 0.3) is 0 Å². The van der Waals surface area contributed by atoms with Crippen molar-refractivity contribution in [2.45, 2.75) is 19.0 Å². The van der Waals surface area contributed by atoms with Gasteiger partial charge in [-0.15, -0.1) is 0 Å². The highest BCUT2D eigenvalue weighted by Gasteiger charge is 2.16. The van der Waals surface area contributed by atoms with E-state index in [1.165, 1.54) is 12.1 Å². The van der Waals surface area contributed by atoms with Crippen molar-refractivity contribution in [3.8, 4) is 6.07 Å². The molecule has 20 heavy (non-hydrogen) atoms. The van der Waals surface area contributed by atoms with Crippen molar-refractivity contribution in [3.63, 3.8) is 0 Å². The lowest BCUT2D eigenvalue weighted by atomic mass is 10.0. The van der Waals surface area contributed by atoms with Crippen molar-refractivity contribution < 1.29 is 4.39 Å². The third-order valence-corrected chi connectivity index (χ3v) is 3.35. The summed E-state index contributed by atoms with van der Waals surface area (Å²) in [6.07, 6.45) is 0.432. The molecule has 102 valence electrons. The monoisotopic (exact) mass is 268 g/mol. The SMILES string of the molecule is CN(Cc1ccc(F)cc1)C(CC#N)c1ccccc1. The molecule has 0 amide bonds. The molecule has 2 nitrogen and oxygen atoms in total. The van der Waals surface area contributed by atoms with Crippen LogP contribution >= 0.6 is 0 Å². The Labute approximate surface area is 119 Å². The third-order valence-electron chi connectivity index (χ3n) is 3.35. The molecule has 3 heteroatoms. The number of halogens is 1. The molecular formula is C17H17FN2. The molecule has 0 heterocycles. The molecular weight excluding hydrogens is 251 g/mol. The van der Waals surface area contributed by atoms with Gasteiger partial charge in [-0.25, -0.2) is 4.39 Å². The van der Waals surface area contributed by atoms with E-state index >= 15 is 0 Å². The second-order valence-corrected chi connectivity index (χ2v) is 4.83. The standard InChI is InChI=1S/C17H17FN2/c1-20(13-14-7-9-16(18)10-8-14)17(11-12-19)15-5-3-2-4-6-15/h2-10,17H,11,13H2,1H3. The zero-order chi connectivity index (χ0) is 14.4. The van der Waals surface area contributed by atoms with Gasteiger partial charge in [0.25, 0.3) is 0 Å². The molecule has 0 saturated heterocycles. The summed E-state index contributed by atoms with van der Waals surface area (Å²) in [5, 5.41) is 9.02. The fraction of sp³-hybridized carbons (Fsp3) is 0.235. The van der Waals surface area contributed by atoms with E-state index in [-0.39, 0.29) is 11.9 Å². The molecule has 0 aromatic heterocycles. The highest BCUT2D eigenvalue weighted by molar-refractivity contribution is 5.21. The van der Waals surface area contributed by atoms with Crippen LogP contribution in [0.4, 0.5) is 4.39 Å². The number of rotatable bonds is 5. The van der Waals surface area contributed by atoms with Gasteiger partial charge in [0.1, 0.15) is 5.82 Å². The van der Waals surface area contributed by atoms with E-state index in [4.69, 9.17) is 5.26 Å². The quantitative estimate of drug-likeness (QED) is 0.822. The molecule has 2 aromatic rings. The van der Waals surface area contributed by atoms with Gasteiger partial charge in [-0.1, -0.05) is 42.5 Å². The number of nitrogens with zero attached hydrogens (tertiary/aromatic N) is 2. The maximum absolute atomic E-state index is 12.9. The van der Waals surface area contributed by atoms with Gasteiger partial charge in [0, 0.05) is 12.6 Å². The average molecular weight is 268 g/mol. The van der Waals surface area contributed by atoms with Crippen LogP contribution in [0.5, 0.6) is 0 Å². The fourth-order valence-corrected chi connectivity index (χ4v) is 2.28. The Morgan fingerprint density at radius 1 is 1.10 bits per heavy atom. The molecule has 0 spiro atoms. The molecule has 0 saturated carbocycles. The van der Waals surface area contributed by atoms with Crippen LogP contribution < -0.4 is 0 Å². The van der Waals surface area contributed by atoms with Gasteiger partial charge < -0.3 is 0 Å². The molecule has 0 radical (unpaired) electrons. The lowest BCUT2D eigenvalue weighted by Crippen LogP contribution is -2.24. The third kappa shape index (κ3) is 3.66. The zero-order valence-corrected chi connectivity index (χ0v) is 11.5. The highest BCUT2D eigenvalue weighted by Crippen LogP contribution is 2.24. The van der Waals surface area contributed by atoms with Crippen molar-refractivity contribution in [3.05, 3.63) is 71.5 Å². The number of hydrogen-bond donors (Lipinski definition) is 0. The largest absolute Gasteiger partial charge is 0.294 e. The summed E-state index contributed by atoms with van der Waals surface area (Å²) in [5.41, 5.74) is 2.16. The predicted octanol–water partition coefficient (Wildman–Crippen LogP) is 3.91. The van der Waals surface area contributed by atoms with Gasteiger partial charge in [-0.3, -0.25) is 4.90 Å². The zero-order valence-electron chi connectivity index (χ0n) is 11.5. The summed E-state index contributed by atoms with van der Waals surface area (Å²) in [4.78, 5) is 2.12. The number of benzene rings is 2. The van der Waals surface area contributed by atoms with Crippen molar-refractivity contribution in [1.29, 1.82) is 5.26 Å². The second kappa shape index (κ2) is 6.83. The predicted molar refractivity (Wildman–Crippen MR) is 77.3 cm³/mol. The Hall–Kier alpha value is -2.18. The highest BCUT2D eigenvalue weighted by atomic mass is 19.1. The minimum Gasteiger partial charge on any atom is -0.294 e. The van der Waals surface area contributed by atoms with E-state index in [1.54, 1.807) is 12.1 Å². The van der Waals surface area contributed by atoms with E-state index in [0.29, 0.717) is 13.0 Å². The van der Waals surface area contributed by atoms with Gasteiger partial charge in [0.15, 0.2) is 0 Å². The lowest BCUT2D eigenvalue weighted by Gasteiger charge is -2.26. The van der Waals surface area contributed by atoms with Gasteiger partial charge in [0.05, 0.1) is 12.5 Å². The van der Waals surface area contributed by atoms with Gasteiger partial charge in [-0.2, -0.15) is 5.26 Å². The molecule has 0 bridgehead atoms. The van der Waals surface area contributed by atoms with E-state index in [2.05, 4.69) is 11.0 Å². The molecule has 1 unspecified atom stereocenters. The van der Waals surface area contributed by atoms with E-state index in [0.717, 1.165) is 11.1 Å². The molecule has 0 fully saturated rings. The first-order chi connectivity index (χ1) is 9.70. The maximum Gasteiger partial charge on any atom is 0.123 e. The fourth-order valence-electron chi connectivity index (χ4n) is 2.28. The van der Waals surface area contributed by atoms with Crippen molar-refractivity contribution in [2.24, 2.45) is 0 Å². The minimum absolute atomic E-state index is 0.0475. The van der Waals surface area contributed by atoms with Crippen molar-refractivity contribution in [1.82, 2.24) is 4.90 Å². The van der Waals surface area contributed by atoms with Crippen LogP contribution in [-0.2, 0) is 6.54 Å². The topological polar surface area (TPSA) is 27.0 Å². The molecule has 0 N–H and O–H groups in total. The first kappa shape index (κ1) is 14.2. The molecule has 2 rings (SSSR count). The Morgan fingerprint density at radius 2 is 1.75 bits per heavy atom.